The van der Waals surface area contributed by atoms with Crippen LogP contribution in [0.1, 0.15) is 39.5 Å². The molecule has 0 aromatic rings. The van der Waals surface area contributed by atoms with Gasteiger partial charge in [0.15, 0.2) is 0 Å². The first-order valence-electron chi connectivity index (χ1n) is 5.97. The maximum absolute atomic E-state index is 7.23. The van der Waals surface area contributed by atoms with Gasteiger partial charge in [-0.25, -0.2) is 6.57 Å². The third-order valence-electron chi connectivity index (χ3n) is 5.06. The second-order valence-electron chi connectivity index (χ2n) is 6.49. The van der Waals surface area contributed by atoms with E-state index in [0.29, 0.717) is 11.5 Å². The number of nitrogens with zero attached hydrogens (tertiary/aromatic N) is 1. The molecule has 76 valence electrons. The first-order valence-corrected chi connectivity index (χ1v) is 5.97. The van der Waals surface area contributed by atoms with Crippen LogP contribution in [0.3, 0.4) is 0 Å². The fourth-order valence-corrected chi connectivity index (χ4v) is 4.69. The van der Waals surface area contributed by atoms with Crippen molar-refractivity contribution in [3.63, 3.8) is 0 Å². The van der Waals surface area contributed by atoms with Gasteiger partial charge in [-0.15, -0.1) is 0 Å². The Bertz CT molecular complexity index is 299. The molecule has 3 fully saturated rings. The quantitative estimate of drug-likeness (QED) is 0.515. The van der Waals surface area contributed by atoms with Gasteiger partial charge in [-0.05, 0) is 42.4 Å². The molecule has 2 bridgehead atoms. The van der Waals surface area contributed by atoms with Gasteiger partial charge < -0.3 is 4.85 Å². The largest absolute Gasteiger partial charge is 0.313 e. The minimum Gasteiger partial charge on any atom is -0.313 e. The lowest BCUT2D eigenvalue weighted by molar-refractivity contribution is 0.250. The number of hydrogen-bond acceptors (Lipinski definition) is 0. The SMILES string of the molecule is [C-]#[N+]C1CC2CC1C1CC(C)(C)CC21. The Labute approximate surface area is 86.7 Å². The van der Waals surface area contributed by atoms with Crippen molar-refractivity contribution in [2.24, 2.45) is 29.1 Å². The average Bonchev–Trinajstić information content (AvgIpc) is 2.70. The zero-order valence-electron chi connectivity index (χ0n) is 9.16. The number of hydrogen-bond donors (Lipinski definition) is 0. The second-order valence-corrected chi connectivity index (χ2v) is 6.49. The molecular weight excluding hydrogens is 170 g/mol. The van der Waals surface area contributed by atoms with Crippen LogP contribution in [0, 0.1) is 35.7 Å². The summed E-state index contributed by atoms with van der Waals surface area (Å²) in [6, 6.07) is 0.398. The molecule has 0 spiro atoms. The molecule has 0 amide bonds. The van der Waals surface area contributed by atoms with E-state index in [1.807, 2.05) is 0 Å². The summed E-state index contributed by atoms with van der Waals surface area (Å²) in [5.74, 6) is 3.62. The fraction of sp³-hybridized carbons (Fsp3) is 0.923. The Kier molecular flexibility index (Phi) is 1.59. The fourth-order valence-electron chi connectivity index (χ4n) is 4.69. The molecule has 3 aliphatic rings. The minimum atomic E-state index is 0.398. The summed E-state index contributed by atoms with van der Waals surface area (Å²) in [5, 5.41) is 0. The Balaban J connectivity index is 1.86. The van der Waals surface area contributed by atoms with E-state index in [9.17, 15) is 0 Å². The lowest BCUT2D eigenvalue weighted by Crippen LogP contribution is -2.25. The molecule has 0 heterocycles. The van der Waals surface area contributed by atoms with Gasteiger partial charge in [-0.1, -0.05) is 13.8 Å². The number of fused-ring (bicyclic) bond motifs is 5. The smallest absolute Gasteiger partial charge is 0.227 e. The lowest BCUT2D eigenvalue weighted by Gasteiger charge is -2.24. The summed E-state index contributed by atoms with van der Waals surface area (Å²) in [7, 11) is 0. The Hall–Kier alpha value is -0.510. The molecule has 0 radical (unpaired) electrons. The Morgan fingerprint density at radius 2 is 1.79 bits per heavy atom. The van der Waals surface area contributed by atoms with Crippen molar-refractivity contribution in [1.29, 1.82) is 0 Å². The van der Waals surface area contributed by atoms with Crippen LogP contribution in [0.4, 0.5) is 0 Å². The summed E-state index contributed by atoms with van der Waals surface area (Å²) in [5.41, 5.74) is 0.573. The normalized spacial score (nSPS) is 53.1. The van der Waals surface area contributed by atoms with Crippen LogP contribution in [-0.2, 0) is 0 Å². The maximum atomic E-state index is 7.23. The summed E-state index contributed by atoms with van der Waals surface area (Å²) in [6.07, 6.45) is 5.44. The molecule has 0 aromatic carbocycles. The molecule has 0 aliphatic heterocycles. The summed E-state index contributed by atoms with van der Waals surface area (Å²) in [4.78, 5) is 3.83. The van der Waals surface area contributed by atoms with Crippen molar-refractivity contribution in [3.05, 3.63) is 11.4 Å². The zero-order chi connectivity index (χ0) is 9.92. The van der Waals surface area contributed by atoms with Gasteiger partial charge in [-0.2, -0.15) is 0 Å². The standard InChI is InChI=1S/C13H19N/c1-13(2)6-10-8-4-9(11(10)7-13)12(5-8)14-3/h8-12H,4-7H2,1-2H3. The van der Waals surface area contributed by atoms with E-state index in [0.717, 1.165) is 23.7 Å². The van der Waals surface area contributed by atoms with Crippen LogP contribution < -0.4 is 0 Å². The molecule has 14 heavy (non-hydrogen) atoms. The highest BCUT2D eigenvalue weighted by molar-refractivity contribution is 5.11. The summed E-state index contributed by atoms with van der Waals surface area (Å²) < 4.78 is 0. The Morgan fingerprint density at radius 1 is 1.07 bits per heavy atom. The van der Waals surface area contributed by atoms with E-state index in [2.05, 4.69) is 18.7 Å². The maximum Gasteiger partial charge on any atom is 0.227 e. The molecule has 5 unspecified atom stereocenters. The first kappa shape index (κ1) is 8.77. The molecule has 5 atom stereocenters. The van der Waals surface area contributed by atoms with E-state index in [1.165, 1.54) is 25.7 Å². The van der Waals surface area contributed by atoms with Crippen LogP contribution in [0.2, 0.25) is 0 Å². The minimum absolute atomic E-state index is 0.398. The van der Waals surface area contributed by atoms with E-state index >= 15 is 0 Å². The van der Waals surface area contributed by atoms with Crippen LogP contribution in [0.25, 0.3) is 4.85 Å². The molecule has 3 aliphatic carbocycles. The van der Waals surface area contributed by atoms with Gasteiger partial charge in [0.05, 0.1) is 0 Å². The van der Waals surface area contributed by atoms with Crippen LogP contribution in [0.15, 0.2) is 0 Å². The molecule has 0 aromatic heterocycles. The molecular formula is C13H19N. The van der Waals surface area contributed by atoms with Crippen molar-refractivity contribution in [2.75, 3.05) is 0 Å². The molecule has 3 saturated carbocycles. The lowest BCUT2D eigenvalue weighted by atomic mass is 9.79. The third kappa shape index (κ3) is 1.00. The summed E-state index contributed by atoms with van der Waals surface area (Å²) in [6.45, 7) is 12.1. The molecule has 0 N–H and O–H groups in total. The van der Waals surface area contributed by atoms with Crippen molar-refractivity contribution in [1.82, 2.24) is 0 Å². The van der Waals surface area contributed by atoms with Gasteiger partial charge in [-0.3, -0.25) is 0 Å². The predicted molar refractivity (Wildman–Crippen MR) is 56.6 cm³/mol. The highest BCUT2D eigenvalue weighted by Gasteiger charge is 2.60. The summed E-state index contributed by atoms with van der Waals surface area (Å²) >= 11 is 0. The van der Waals surface area contributed by atoms with Crippen LogP contribution in [0.5, 0.6) is 0 Å². The van der Waals surface area contributed by atoms with Crippen molar-refractivity contribution >= 4 is 0 Å². The van der Waals surface area contributed by atoms with Crippen molar-refractivity contribution in [2.45, 2.75) is 45.6 Å². The predicted octanol–water partition coefficient (Wildman–Crippen LogP) is 3.37. The topological polar surface area (TPSA) is 4.36 Å². The average molecular weight is 189 g/mol. The van der Waals surface area contributed by atoms with Crippen molar-refractivity contribution in [3.8, 4) is 0 Å². The second kappa shape index (κ2) is 2.54. The molecule has 1 nitrogen and oxygen atoms in total. The zero-order valence-corrected chi connectivity index (χ0v) is 9.16. The van der Waals surface area contributed by atoms with E-state index in [1.54, 1.807) is 0 Å². The molecule has 1 heteroatoms. The van der Waals surface area contributed by atoms with Gasteiger partial charge in [0, 0.05) is 12.3 Å². The van der Waals surface area contributed by atoms with Gasteiger partial charge >= 0.3 is 0 Å². The third-order valence-corrected chi connectivity index (χ3v) is 5.06. The van der Waals surface area contributed by atoms with E-state index in [-0.39, 0.29) is 0 Å². The highest BCUT2D eigenvalue weighted by atomic mass is 14.8. The van der Waals surface area contributed by atoms with Gasteiger partial charge in [0.25, 0.3) is 0 Å². The molecule has 3 rings (SSSR count). The van der Waals surface area contributed by atoms with Crippen LogP contribution in [-0.4, -0.2) is 6.04 Å². The number of rotatable bonds is 0. The van der Waals surface area contributed by atoms with E-state index in [4.69, 9.17) is 6.57 Å². The van der Waals surface area contributed by atoms with Gasteiger partial charge in [0.1, 0.15) is 0 Å². The molecule has 0 saturated heterocycles. The Morgan fingerprint density at radius 3 is 2.50 bits per heavy atom. The van der Waals surface area contributed by atoms with Crippen LogP contribution >= 0.6 is 0 Å². The van der Waals surface area contributed by atoms with Gasteiger partial charge in [0.2, 0.25) is 6.04 Å². The van der Waals surface area contributed by atoms with Crippen molar-refractivity contribution < 1.29 is 0 Å². The highest BCUT2D eigenvalue weighted by Crippen LogP contribution is 2.63. The van der Waals surface area contributed by atoms with E-state index < -0.39 is 0 Å². The first-order chi connectivity index (χ1) is 6.61. The monoisotopic (exact) mass is 189 g/mol.